The number of benzene rings is 1. The number of rotatable bonds is 2. The molecule has 0 aliphatic heterocycles. The fourth-order valence-corrected chi connectivity index (χ4v) is 5.68. The van der Waals surface area contributed by atoms with Crippen LogP contribution in [-0.2, 0) is 0 Å². The lowest BCUT2D eigenvalue weighted by Crippen LogP contribution is -2.55. The van der Waals surface area contributed by atoms with Crippen molar-refractivity contribution in [2.45, 2.75) is 38.1 Å². The van der Waals surface area contributed by atoms with Crippen molar-refractivity contribution >= 4 is 29.1 Å². The van der Waals surface area contributed by atoms with E-state index in [4.69, 9.17) is 0 Å². The summed E-state index contributed by atoms with van der Waals surface area (Å²) in [6.45, 7) is 0. The number of carbonyl (C=O) groups excluding carboxylic acids is 1. The highest BCUT2D eigenvalue weighted by Crippen LogP contribution is 2.53. The van der Waals surface area contributed by atoms with Gasteiger partial charge in [0.15, 0.2) is 0 Å². The number of pyridine rings is 1. The second-order valence-electron chi connectivity index (χ2n) is 7.81. The zero-order valence-electron chi connectivity index (χ0n) is 13.7. The number of nitrogens with one attached hydrogen (secondary N) is 1. The molecule has 0 spiro atoms. The smallest absolute Gasteiger partial charge is 0.270 e. The highest BCUT2D eigenvalue weighted by Gasteiger charge is 2.48. The van der Waals surface area contributed by atoms with E-state index in [0.29, 0.717) is 23.6 Å². The fourth-order valence-electron chi connectivity index (χ4n) is 5.68. The molecule has 4 saturated carbocycles. The summed E-state index contributed by atoms with van der Waals surface area (Å²) in [6, 6.07) is 10.3. The summed E-state index contributed by atoms with van der Waals surface area (Å²) in [5.41, 5.74) is 0.580. The first-order valence-electron chi connectivity index (χ1n) is 8.92. The molecular weight excluding hydrogens is 320 g/mol. The maximum absolute atomic E-state index is 12.9. The molecule has 0 unspecified atom stereocenters. The lowest BCUT2D eigenvalue weighted by Gasteiger charge is -2.54. The molecule has 1 amide bonds. The van der Waals surface area contributed by atoms with Crippen LogP contribution in [0.4, 0.5) is 0 Å². The van der Waals surface area contributed by atoms with Crippen LogP contribution in [0.2, 0.25) is 0 Å². The minimum atomic E-state index is 0. The van der Waals surface area contributed by atoms with Gasteiger partial charge in [-0.15, -0.1) is 12.4 Å². The second-order valence-corrected chi connectivity index (χ2v) is 7.81. The van der Waals surface area contributed by atoms with Gasteiger partial charge in [0.05, 0.1) is 0 Å². The van der Waals surface area contributed by atoms with Crippen molar-refractivity contribution < 1.29 is 4.79 Å². The summed E-state index contributed by atoms with van der Waals surface area (Å²) < 4.78 is 0. The Morgan fingerprint density at radius 1 is 0.958 bits per heavy atom. The molecule has 1 aromatic carbocycles. The first-order chi connectivity index (χ1) is 11.3. The highest BCUT2D eigenvalue weighted by molar-refractivity contribution is 6.05. The van der Waals surface area contributed by atoms with E-state index in [9.17, 15) is 4.79 Å². The Balaban J connectivity index is 0.00000146. The molecule has 1 aromatic heterocycles. The Hall–Kier alpha value is -1.61. The lowest BCUT2D eigenvalue weighted by atomic mass is 9.54. The van der Waals surface area contributed by atoms with Crippen LogP contribution in [0.25, 0.3) is 10.8 Å². The van der Waals surface area contributed by atoms with Crippen LogP contribution >= 0.6 is 12.4 Å². The second kappa shape index (κ2) is 6.03. The first kappa shape index (κ1) is 15.9. The Morgan fingerprint density at radius 2 is 1.62 bits per heavy atom. The maximum Gasteiger partial charge on any atom is 0.270 e. The molecule has 3 nitrogen and oxygen atoms in total. The Morgan fingerprint density at radius 3 is 2.33 bits per heavy atom. The van der Waals surface area contributed by atoms with Gasteiger partial charge in [0.1, 0.15) is 5.69 Å². The van der Waals surface area contributed by atoms with E-state index in [2.05, 4.69) is 10.3 Å². The molecular formula is C20H23ClN2O. The van der Waals surface area contributed by atoms with Gasteiger partial charge >= 0.3 is 0 Å². The van der Waals surface area contributed by atoms with E-state index in [1.54, 1.807) is 6.20 Å². The zero-order valence-corrected chi connectivity index (χ0v) is 14.5. The molecule has 2 aromatic rings. The van der Waals surface area contributed by atoms with Crippen LogP contribution < -0.4 is 5.32 Å². The zero-order chi connectivity index (χ0) is 15.4. The van der Waals surface area contributed by atoms with Crippen LogP contribution in [0.5, 0.6) is 0 Å². The summed E-state index contributed by atoms with van der Waals surface area (Å²) in [4.78, 5) is 17.3. The number of hydrogen-bond donors (Lipinski definition) is 1. The lowest BCUT2D eigenvalue weighted by molar-refractivity contribution is -0.0120. The van der Waals surface area contributed by atoms with Crippen molar-refractivity contribution in [1.29, 1.82) is 0 Å². The van der Waals surface area contributed by atoms with Gasteiger partial charge in [-0.1, -0.05) is 24.3 Å². The van der Waals surface area contributed by atoms with Gasteiger partial charge in [0, 0.05) is 17.6 Å². The van der Waals surface area contributed by atoms with Gasteiger partial charge in [-0.25, -0.2) is 0 Å². The van der Waals surface area contributed by atoms with E-state index in [-0.39, 0.29) is 18.3 Å². The third kappa shape index (κ3) is 2.50. The number of halogens is 1. The number of nitrogens with zero attached hydrogens (tertiary/aromatic N) is 1. The standard InChI is InChI=1S/C20H22N2O.ClH/c23-20(19-17-4-2-1-3-14(17)5-6-21-19)22-18-15-8-12-7-13(10-15)11-16(18)9-12;/h1-6,12-13,15-16,18H,7-11H2,(H,22,23);1H. The molecule has 24 heavy (non-hydrogen) atoms. The Labute approximate surface area is 148 Å². The topological polar surface area (TPSA) is 42.0 Å². The van der Waals surface area contributed by atoms with E-state index in [1.807, 2.05) is 30.3 Å². The molecule has 1 N–H and O–H groups in total. The predicted octanol–water partition coefficient (Wildman–Crippen LogP) is 4.21. The van der Waals surface area contributed by atoms with Gasteiger partial charge in [-0.05, 0) is 67.2 Å². The monoisotopic (exact) mass is 342 g/mol. The molecule has 126 valence electrons. The van der Waals surface area contributed by atoms with Crippen LogP contribution in [0, 0.1) is 23.7 Å². The van der Waals surface area contributed by atoms with Crippen molar-refractivity contribution in [3.63, 3.8) is 0 Å². The molecule has 4 bridgehead atoms. The molecule has 4 aliphatic rings. The molecule has 4 fully saturated rings. The van der Waals surface area contributed by atoms with Crippen molar-refractivity contribution in [3.8, 4) is 0 Å². The third-order valence-electron chi connectivity index (χ3n) is 6.41. The fraction of sp³-hybridized carbons (Fsp3) is 0.500. The molecule has 0 radical (unpaired) electrons. The summed E-state index contributed by atoms with van der Waals surface area (Å²) >= 11 is 0. The average molecular weight is 343 g/mol. The van der Waals surface area contributed by atoms with Crippen molar-refractivity contribution in [2.24, 2.45) is 23.7 Å². The summed E-state index contributed by atoms with van der Waals surface area (Å²) in [5, 5.41) is 5.41. The number of hydrogen-bond acceptors (Lipinski definition) is 2. The van der Waals surface area contributed by atoms with Crippen molar-refractivity contribution in [2.75, 3.05) is 0 Å². The predicted molar refractivity (Wildman–Crippen MR) is 97.3 cm³/mol. The molecule has 4 heteroatoms. The van der Waals surface area contributed by atoms with Gasteiger partial charge in [0.25, 0.3) is 5.91 Å². The average Bonchev–Trinajstić information content (AvgIpc) is 2.57. The molecule has 0 atom stereocenters. The van der Waals surface area contributed by atoms with Crippen LogP contribution in [0.1, 0.15) is 42.6 Å². The first-order valence-corrected chi connectivity index (χ1v) is 8.92. The van der Waals surface area contributed by atoms with Crippen molar-refractivity contribution in [3.05, 3.63) is 42.2 Å². The van der Waals surface area contributed by atoms with E-state index in [1.165, 1.54) is 32.1 Å². The quantitative estimate of drug-likeness (QED) is 0.888. The number of aromatic nitrogens is 1. The molecule has 1 heterocycles. The minimum Gasteiger partial charge on any atom is -0.347 e. The Kier molecular flexibility index (Phi) is 4.00. The number of carbonyl (C=O) groups is 1. The summed E-state index contributed by atoms with van der Waals surface area (Å²) in [5.74, 6) is 3.28. The minimum absolute atomic E-state index is 0. The summed E-state index contributed by atoms with van der Waals surface area (Å²) in [7, 11) is 0. The Bertz CT molecular complexity index is 742. The SMILES string of the molecule is Cl.O=C(NC1C2CC3CC(C2)CC1C3)c1nccc2ccccc12. The number of amides is 1. The summed E-state index contributed by atoms with van der Waals surface area (Å²) in [6.07, 6.45) is 8.47. The van der Waals surface area contributed by atoms with Gasteiger partial charge in [0.2, 0.25) is 0 Å². The maximum atomic E-state index is 12.9. The highest BCUT2D eigenvalue weighted by atomic mass is 35.5. The van der Waals surface area contributed by atoms with Gasteiger partial charge in [-0.3, -0.25) is 9.78 Å². The van der Waals surface area contributed by atoms with Crippen LogP contribution in [0.15, 0.2) is 36.5 Å². The van der Waals surface area contributed by atoms with Crippen LogP contribution in [-0.4, -0.2) is 16.9 Å². The largest absolute Gasteiger partial charge is 0.347 e. The van der Waals surface area contributed by atoms with Gasteiger partial charge < -0.3 is 5.32 Å². The van der Waals surface area contributed by atoms with Gasteiger partial charge in [-0.2, -0.15) is 0 Å². The van der Waals surface area contributed by atoms with E-state index >= 15 is 0 Å². The van der Waals surface area contributed by atoms with Crippen molar-refractivity contribution in [1.82, 2.24) is 10.3 Å². The third-order valence-corrected chi connectivity index (χ3v) is 6.41. The van der Waals surface area contributed by atoms with E-state index in [0.717, 1.165) is 22.6 Å². The molecule has 0 saturated heterocycles. The van der Waals surface area contributed by atoms with Crippen LogP contribution in [0.3, 0.4) is 0 Å². The molecule has 4 aliphatic carbocycles. The molecule has 6 rings (SSSR count). The van der Waals surface area contributed by atoms with E-state index < -0.39 is 0 Å². The number of fused-ring (bicyclic) bond motifs is 1. The normalized spacial score (nSPS) is 33.2.